The van der Waals surface area contributed by atoms with Gasteiger partial charge in [0.15, 0.2) is 0 Å². The fourth-order valence-electron chi connectivity index (χ4n) is 0. The van der Waals surface area contributed by atoms with Crippen LogP contribution in [0.2, 0.25) is 0 Å². The van der Waals surface area contributed by atoms with E-state index in [9.17, 15) is 0 Å². The summed E-state index contributed by atoms with van der Waals surface area (Å²) in [7, 11) is 0. The van der Waals surface area contributed by atoms with Crippen molar-refractivity contribution in [2.45, 2.75) is 0 Å². The minimum Gasteiger partial charge on any atom is -2.00 e. The molecule has 0 saturated heterocycles. The van der Waals surface area contributed by atoms with Crippen LogP contribution in [0, 0.1) is 0 Å². The van der Waals surface area contributed by atoms with Gasteiger partial charge in [-0.25, -0.2) is 0 Å². The van der Waals surface area contributed by atoms with Gasteiger partial charge in [-0.2, -0.15) is 0 Å². The van der Waals surface area contributed by atoms with Crippen LogP contribution in [0.4, 0.5) is 0 Å². The van der Waals surface area contributed by atoms with E-state index in [1.165, 1.54) is 0 Å². The van der Waals surface area contributed by atoms with E-state index in [2.05, 4.69) is 0 Å². The van der Waals surface area contributed by atoms with Crippen LogP contribution < -0.4 is 0 Å². The Bertz CT molecular complexity index is 3.61. The van der Waals surface area contributed by atoms with Crippen molar-refractivity contribution in [2.75, 3.05) is 0 Å². The van der Waals surface area contributed by atoms with Crippen molar-refractivity contribution in [3.63, 3.8) is 0 Å². The van der Waals surface area contributed by atoms with Crippen molar-refractivity contribution in [3.8, 4) is 0 Å². The Morgan fingerprint density at radius 2 is 0.600 bits per heavy atom. The van der Waals surface area contributed by atoms with E-state index in [4.69, 9.17) is 0 Å². The third-order valence-corrected chi connectivity index (χ3v) is 0. The van der Waals surface area contributed by atoms with E-state index < -0.39 is 0 Å². The Morgan fingerprint density at radius 3 is 0.600 bits per heavy atom. The molecule has 0 atom stereocenters. The van der Waals surface area contributed by atoms with Gasteiger partial charge in [-0.15, -0.1) is 0 Å². The first-order chi connectivity index (χ1) is 0. The minimum atomic E-state index is 0. The molecule has 0 amide bonds. The summed E-state index contributed by atoms with van der Waals surface area (Å²) in [5.41, 5.74) is 0. The zero-order valence-corrected chi connectivity index (χ0v) is 4.59. The fraction of sp³-hybridized carbons (Fsp3) is 0. The van der Waals surface area contributed by atoms with E-state index in [-0.39, 0.29) is 48.1 Å². The molecule has 0 unspecified atom stereocenters. The standard InChI is InChI=1S/4O.Zr/q3*-2;+2;+4. The summed E-state index contributed by atoms with van der Waals surface area (Å²) in [5, 5.41) is 0. The van der Waals surface area contributed by atoms with Gasteiger partial charge in [-0.3, -0.25) is 0 Å². The summed E-state index contributed by atoms with van der Waals surface area (Å²) >= 11 is 0. The van der Waals surface area contributed by atoms with Crippen LogP contribution >= 0.6 is 0 Å². The van der Waals surface area contributed by atoms with Gasteiger partial charge in [0.25, 0.3) is 0 Å². The monoisotopic (exact) mass is 154 g/mol. The minimum absolute atomic E-state index is 0. The third kappa shape index (κ3) is 67.0. The smallest absolute Gasteiger partial charge is 2.00 e. The maximum absolute atomic E-state index is 0. The van der Waals surface area contributed by atoms with Gasteiger partial charge in [-0.1, -0.05) is 0 Å². The number of hydrogen-bond donors (Lipinski definition) is 0. The predicted molar refractivity (Wildman–Crippen MR) is 2.75 cm³/mol. The van der Waals surface area contributed by atoms with E-state index in [0.29, 0.717) is 0 Å². The second-order valence-electron chi connectivity index (χ2n) is 0. The molecule has 0 fully saturated rings. The molecule has 0 aliphatic rings. The number of hydrogen-bond acceptors (Lipinski definition) is 0. The van der Waals surface area contributed by atoms with Crippen LogP contribution in [0.25, 0.3) is 0 Å². The summed E-state index contributed by atoms with van der Waals surface area (Å²) in [5.74, 6) is 0. The van der Waals surface area contributed by atoms with Crippen molar-refractivity contribution in [1.29, 1.82) is 0 Å². The Balaban J connectivity index is 0. The van der Waals surface area contributed by atoms with Gasteiger partial charge in [0.1, 0.15) is 0 Å². The first-order valence-electron chi connectivity index (χ1n) is 0. The molecule has 5 heavy (non-hydrogen) atoms. The van der Waals surface area contributed by atoms with Crippen LogP contribution in [0.5, 0.6) is 0 Å². The van der Waals surface area contributed by atoms with Crippen LogP contribution in [-0.4, -0.2) is 0 Å². The molecule has 0 bridgehead atoms. The van der Waals surface area contributed by atoms with E-state index >= 15 is 0 Å². The van der Waals surface area contributed by atoms with Crippen molar-refractivity contribution < 1.29 is 48.1 Å². The Morgan fingerprint density at radius 1 is 0.600 bits per heavy atom. The Hall–Kier alpha value is 0.723. The summed E-state index contributed by atoms with van der Waals surface area (Å²) in [6.07, 6.45) is 0. The van der Waals surface area contributed by atoms with Gasteiger partial charge >= 0.3 is 31.7 Å². The average Bonchev–Trinajstić information content (AvgIpc) is 0. The van der Waals surface area contributed by atoms with Crippen LogP contribution in [0.15, 0.2) is 0 Å². The topological polar surface area (TPSA) is 114 Å². The molecule has 0 aliphatic carbocycles. The summed E-state index contributed by atoms with van der Waals surface area (Å²) in [6.45, 7) is 0. The van der Waals surface area contributed by atoms with E-state index in [1.807, 2.05) is 0 Å². The maximum atomic E-state index is 0. The van der Waals surface area contributed by atoms with Gasteiger partial charge in [-0.05, 0) is 0 Å². The molecule has 0 spiro atoms. The molecular weight excluding hydrogens is 155 g/mol. The molecule has 0 saturated carbocycles. The number of rotatable bonds is 0. The Kier molecular flexibility index (Phi) is 6110. The van der Waals surface area contributed by atoms with Crippen LogP contribution in [0.1, 0.15) is 0 Å². The van der Waals surface area contributed by atoms with Crippen molar-refractivity contribution in [2.24, 2.45) is 0 Å². The Labute approximate surface area is 48.5 Å². The molecule has 28 valence electrons. The zero-order valence-electron chi connectivity index (χ0n) is 2.13. The summed E-state index contributed by atoms with van der Waals surface area (Å²) in [6, 6.07) is 0. The molecule has 0 aromatic carbocycles. The molecule has 0 N–H and O–H groups in total. The van der Waals surface area contributed by atoms with Crippen LogP contribution in [0.3, 0.4) is 0 Å². The van der Waals surface area contributed by atoms with Gasteiger partial charge in [0.2, 0.25) is 0 Å². The van der Waals surface area contributed by atoms with Crippen LogP contribution in [-0.2, 0) is 48.1 Å². The first-order valence-corrected chi connectivity index (χ1v) is 0. The third-order valence-electron chi connectivity index (χ3n) is 0. The summed E-state index contributed by atoms with van der Waals surface area (Å²) < 4.78 is 0. The summed E-state index contributed by atoms with van der Waals surface area (Å²) in [4.78, 5) is 0. The molecule has 4 radical (unpaired) electrons. The van der Waals surface area contributed by atoms with Gasteiger partial charge in [0, 0.05) is 0 Å². The van der Waals surface area contributed by atoms with Crippen molar-refractivity contribution in [1.82, 2.24) is 0 Å². The average molecular weight is 155 g/mol. The first kappa shape index (κ1) is 244. The molecule has 0 rings (SSSR count). The largest absolute Gasteiger partial charge is 4.00 e. The predicted octanol–water partition coefficient (Wildman–Crippen LogP) is -0.478. The van der Waals surface area contributed by atoms with Crippen molar-refractivity contribution in [3.05, 3.63) is 0 Å². The van der Waals surface area contributed by atoms with Gasteiger partial charge in [0.05, 0.1) is 0 Å². The fourth-order valence-corrected chi connectivity index (χ4v) is 0. The van der Waals surface area contributed by atoms with Gasteiger partial charge < -0.3 is 16.4 Å². The zero-order chi connectivity index (χ0) is 0. The molecular formula is O4Zr. The molecule has 5 heteroatoms. The molecule has 0 aliphatic heterocycles. The second-order valence-corrected chi connectivity index (χ2v) is 0. The maximum Gasteiger partial charge on any atom is 4.00 e. The second kappa shape index (κ2) is 125. The molecule has 4 nitrogen and oxygen atoms in total. The molecule has 0 heterocycles. The quantitative estimate of drug-likeness (QED) is 0.449. The van der Waals surface area contributed by atoms with E-state index in [1.54, 1.807) is 0 Å². The van der Waals surface area contributed by atoms with Crippen molar-refractivity contribution >= 4 is 0 Å². The van der Waals surface area contributed by atoms with E-state index in [0.717, 1.165) is 0 Å². The molecule has 0 aromatic rings. The normalized spacial score (nSPS) is 0. The molecule has 0 aromatic heterocycles. The SMILES string of the molecule is [O+2].[O-2].[O-2].[O-2].[Zr+4].